The Labute approximate surface area is 127 Å². The first-order valence-electron chi connectivity index (χ1n) is 7.52. The monoisotopic (exact) mass is 318 g/mol. The molecular weight excluding hydrogens is 297 g/mol. The van der Waals surface area contributed by atoms with Crippen molar-refractivity contribution in [1.29, 1.82) is 0 Å². The molecule has 1 heterocycles. The number of nitrogens with zero attached hydrogens (tertiary/aromatic N) is 2. The molecule has 2 amide bonds. The van der Waals surface area contributed by atoms with Gasteiger partial charge < -0.3 is 10.6 Å². The maximum absolute atomic E-state index is 12.5. The molecule has 8 heteroatoms. The van der Waals surface area contributed by atoms with Gasteiger partial charge in [0.05, 0.1) is 6.54 Å². The van der Waals surface area contributed by atoms with E-state index in [1.54, 1.807) is 6.92 Å². The number of aromatic nitrogens is 2. The Bertz CT molecular complexity index is 495. The van der Waals surface area contributed by atoms with Crippen molar-refractivity contribution in [2.24, 2.45) is 0 Å². The molecule has 0 bridgehead atoms. The maximum Gasteiger partial charge on any atom is 0.435 e. The van der Waals surface area contributed by atoms with E-state index in [0.717, 1.165) is 31.7 Å². The second-order valence-electron chi connectivity index (χ2n) is 5.77. The van der Waals surface area contributed by atoms with Crippen LogP contribution in [0.3, 0.4) is 0 Å². The Morgan fingerprint density at radius 2 is 2.09 bits per heavy atom. The van der Waals surface area contributed by atoms with Crippen molar-refractivity contribution in [3.8, 4) is 0 Å². The van der Waals surface area contributed by atoms with Gasteiger partial charge in [0, 0.05) is 18.3 Å². The van der Waals surface area contributed by atoms with Crippen LogP contribution in [0.15, 0.2) is 12.3 Å². The number of hydrogen-bond acceptors (Lipinski definition) is 2. The largest absolute Gasteiger partial charge is 0.435 e. The number of halogens is 3. The van der Waals surface area contributed by atoms with Gasteiger partial charge in [-0.2, -0.15) is 18.3 Å². The minimum Gasteiger partial charge on any atom is -0.335 e. The van der Waals surface area contributed by atoms with Gasteiger partial charge in [0.1, 0.15) is 0 Å². The summed E-state index contributed by atoms with van der Waals surface area (Å²) in [6.45, 7) is 1.92. The van der Waals surface area contributed by atoms with Gasteiger partial charge in [0.15, 0.2) is 5.69 Å². The average molecular weight is 318 g/mol. The number of amides is 2. The molecule has 0 radical (unpaired) electrons. The molecule has 5 nitrogen and oxygen atoms in total. The van der Waals surface area contributed by atoms with Crippen molar-refractivity contribution in [2.45, 2.75) is 63.8 Å². The Balaban J connectivity index is 1.78. The van der Waals surface area contributed by atoms with Gasteiger partial charge >= 0.3 is 12.2 Å². The van der Waals surface area contributed by atoms with Crippen molar-refractivity contribution < 1.29 is 18.0 Å². The minimum atomic E-state index is -4.44. The van der Waals surface area contributed by atoms with Crippen molar-refractivity contribution in [2.75, 3.05) is 0 Å². The predicted octanol–water partition coefficient (Wildman–Crippen LogP) is 2.92. The zero-order valence-corrected chi connectivity index (χ0v) is 12.5. The van der Waals surface area contributed by atoms with Crippen LogP contribution in [0.5, 0.6) is 0 Å². The number of rotatable bonds is 4. The first kappa shape index (κ1) is 16.6. The third-order valence-electron chi connectivity index (χ3n) is 3.71. The van der Waals surface area contributed by atoms with Gasteiger partial charge in [-0.15, -0.1) is 0 Å². The summed E-state index contributed by atoms with van der Waals surface area (Å²) < 4.78 is 38.5. The molecule has 124 valence electrons. The fraction of sp³-hybridized carbons (Fsp3) is 0.714. The van der Waals surface area contributed by atoms with E-state index in [-0.39, 0.29) is 24.7 Å². The first-order chi connectivity index (χ1) is 10.3. The summed E-state index contributed by atoms with van der Waals surface area (Å²) in [4.78, 5) is 11.8. The third-order valence-corrected chi connectivity index (χ3v) is 3.71. The van der Waals surface area contributed by atoms with Gasteiger partial charge in [0.2, 0.25) is 0 Å². The minimum absolute atomic E-state index is 0.189. The summed E-state index contributed by atoms with van der Waals surface area (Å²) in [6.07, 6.45) is 2.23. The molecule has 0 saturated heterocycles. The summed E-state index contributed by atoms with van der Waals surface area (Å²) >= 11 is 0. The predicted molar refractivity (Wildman–Crippen MR) is 75.2 cm³/mol. The zero-order valence-electron chi connectivity index (χ0n) is 12.5. The fourth-order valence-corrected chi connectivity index (χ4v) is 2.64. The molecule has 1 aliphatic carbocycles. The lowest BCUT2D eigenvalue weighted by Gasteiger charge is -2.24. The highest BCUT2D eigenvalue weighted by Crippen LogP contribution is 2.27. The summed E-state index contributed by atoms with van der Waals surface area (Å²) in [5, 5.41) is 9.10. The Morgan fingerprint density at radius 1 is 1.41 bits per heavy atom. The van der Waals surface area contributed by atoms with Crippen LogP contribution in [0.2, 0.25) is 0 Å². The van der Waals surface area contributed by atoms with E-state index < -0.39 is 11.9 Å². The quantitative estimate of drug-likeness (QED) is 0.897. The van der Waals surface area contributed by atoms with Crippen molar-refractivity contribution in [3.05, 3.63) is 18.0 Å². The van der Waals surface area contributed by atoms with E-state index in [1.807, 2.05) is 0 Å². The zero-order chi connectivity index (χ0) is 16.2. The van der Waals surface area contributed by atoms with Gasteiger partial charge in [-0.3, -0.25) is 4.68 Å². The normalized spacial score (nSPS) is 18.0. The molecule has 1 fully saturated rings. The highest BCUT2D eigenvalue weighted by molar-refractivity contribution is 5.74. The third kappa shape index (κ3) is 4.92. The van der Waals surface area contributed by atoms with E-state index >= 15 is 0 Å². The highest BCUT2D eigenvalue weighted by atomic mass is 19.4. The van der Waals surface area contributed by atoms with E-state index in [2.05, 4.69) is 15.7 Å². The van der Waals surface area contributed by atoms with E-state index in [1.165, 1.54) is 17.3 Å². The van der Waals surface area contributed by atoms with Crippen LogP contribution >= 0.6 is 0 Å². The lowest BCUT2D eigenvalue weighted by molar-refractivity contribution is -0.141. The summed E-state index contributed by atoms with van der Waals surface area (Å²) in [5.74, 6) is 0. The summed E-state index contributed by atoms with van der Waals surface area (Å²) in [5.41, 5.74) is -0.925. The van der Waals surface area contributed by atoms with E-state index in [0.29, 0.717) is 0 Å². The Kier molecular flexibility index (Phi) is 5.31. The standard InChI is InChI=1S/C14H21F3N4O/c1-10(9-21-8-7-12(20-21)14(15,16)17)18-13(22)19-11-5-3-2-4-6-11/h7-8,10-11H,2-6,9H2,1H3,(H2,18,19,22). The smallest absolute Gasteiger partial charge is 0.335 e. The Hall–Kier alpha value is -1.73. The fourth-order valence-electron chi connectivity index (χ4n) is 2.64. The molecule has 1 aliphatic rings. The second kappa shape index (κ2) is 7.02. The van der Waals surface area contributed by atoms with Crippen LogP contribution in [0, 0.1) is 0 Å². The molecule has 1 aromatic heterocycles. The van der Waals surface area contributed by atoms with Gasteiger partial charge in [-0.05, 0) is 25.8 Å². The first-order valence-corrected chi connectivity index (χ1v) is 7.52. The van der Waals surface area contributed by atoms with Crippen molar-refractivity contribution in [3.63, 3.8) is 0 Å². The molecule has 2 N–H and O–H groups in total. The van der Waals surface area contributed by atoms with E-state index in [4.69, 9.17) is 0 Å². The Morgan fingerprint density at radius 3 is 2.68 bits per heavy atom. The van der Waals surface area contributed by atoms with Crippen LogP contribution in [-0.4, -0.2) is 27.9 Å². The lowest BCUT2D eigenvalue weighted by Crippen LogP contribution is -2.47. The number of nitrogens with one attached hydrogen (secondary N) is 2. The number of urea groups is 1. The van der Waals surface area contributed by atoms with Crippen LogP contribution in [0.1, 0.15) is 44.7 Å². The number of carbonyl (C=O) groups is 1. The van der Waals surface area contributed by atoms with Crippen LogP contribution in [0.25, 0.3) is 0 Å². The van der Waals surface area contributed by atoms with Crippen LogP contribution < -0.4 is 10.6 Å². The lowest BCUT2D eigenvalue weighted by atomic mass is 9.96. The summed E-state index contributed by atoms with van der Waals surface area (Å²) in [7, 11) is 0. The van der Waals surface area contributed by atoms with Crippen molar-refractivity contribution in [1.82, 2.24) is 20.4 Å². The van der Waals surface area contributed by atoms with Gasteiger partial charge in [0.25, 0.3) is 0 Å². The number of hydrogen-bond donors (Lipinski definition) is 2. The molecule has 1 aromatic rings. The molecule has 0 aliphatic heterocycles. The molecule has 0 aromatic carbocycles. The second-order valence-corrected chi connectivity index (χ2v) is 5.77. The number of carbonyl (C=O) groups excluding carboxylic acids is 1. The topological polar surface area (TPSA) is 59.0 Å². The van der Waals surface area contributed by atoms with Gasteiger partial charge in [-0.1, -0.05) is 19.3 Å². The molecular formula is C14H21F3N4O. The molecule has 1 unspecified atom stereocenters. The highest BCUT2D eigenvalue weighted by Gasteiger charge is 2.33. The van der Waals surface area contributed by atoms with E-state index in [9.17, 15) is 18.0 Å². The summed E-state index contributed by atoms with van der Waals surface area (Å²) in [6, 6.07) is 0.532. The molecule has 22 heavy (non-hydrogen) atoms. The molecule has 2 rings (SSSR count). The number of alkyl halides is 3. The van der Waals surface area contributed by atoms with Crippen LogP contribution in [-0.2, 0) is 12.7 Å². The van der Waals surface area contributed by atoms with Crippen molar-refractivity contribution >= 4 is 6.03 Å². The average Bonchev–Trinajstić information content (AvgIpc) is 2.87. The molecule has 1 saturated carbocycles. The maximum atomic E-state index is 12.5. The molecule has 0 spiro atoms. The SMILES string of the molecule is CC(Cn1ccc(C(F)(F)F)n1)NC(=O)NC1CCCCC1. The van der Waals surface area contributed by atoms with Gasteiger partial charge in [-0.25, -0.2) is 4.79 Å². The molecule has 1 atom stereocenters. The van der Waals surface area contributed by atoms with Crippen LogP contribution in [0.4, 0.5) is 18.0 Å².